The molecule has 0 aromatic carbocycles. The molecule has 1 N–H and O–H groups in total. The lowest BCUT2D eigenvalue weighted by molar-refractivity contribution is 0.518. The molecule has 0 amide bonds. The number of hydrogen-bond donors (Lipinski definition) is 1. The van der Waals surface area contributed by atoms with Gasteiger partial charge in [0.1, 0.15) is 11.6 Å². The van der Waals surface area contributed by atoms with Gasteiger partial charge >= 0.3 is 0 Å². The first-order valence-electron chi connectivity index (χ1n) is 7.50. The van der Waals surface area contributed by atoms with Crippen molar-refractivity contribution in [3.8, 4) is 0 Å². The number of pyridine rings is 1. The van der Waals surface area contributed by atoms with E-state index in [1.807, 2.05) is 54.7 Å². The van der Waals surface area contributed by atoms with Crippen molar-refractivity contribution in [2.24, 2.45) is 0 Å². The van der Waals surface area contributed by atoms with Crippen LogP contribution >= 0.6 is 0 Å². The van der Waals surface area contributed by atoms with Crippen LogP contribution in [0.1, 0.15) is 11.3 Å². The lowest BCUT2D eigenvalue weighted by Crippen LogP contribution is -2.22. The van der Waals surface area contributed by atoms with E-state index >= 15 is 0 Å². The molecule has 0 saturated heterocycles. The first-order valence-corrected chi connectivity index (χ1v) is 7.50. The van der Waals surface area contributed by atoms with Gasteiger partial charge in [-0.25, -0.2) is 4.98 Å². The summed E-state index contributed by atoms with van der Waals surface area (Å²) in [6, 6.07) is 9.69. The van der Waals surface area contributed by atoms with Crippen LogP contribution in [0.3, 0.4) is 0 Å². The number of nitrogens with zero attached hydrogens (tertiary/aromatic N) is 4. The number of aromatic nitrogens is 3. The number of nitrogens with one attached hydrogen (secondary N) is 1. The van der Waals surface area contributed by atoms with E-state index in [9.17, 15) is 0 Å². The van der Waals surface area contributed by atoms with Crippen LogP contribution in [0.5, 0.6) is 0 Å². The fraction of sp³-hybridized carbons (Fsp3) is 0.235. The molecule has 0 aliphatic heterocycles. The fourth-order valence-corrected chi connectivity index (χ4v) is 2.17. The quantitative estimate of drug-likeness (QED) is 0.724. The zero-order valence-corrected chi connectivity index (χ0v) is 13.0. The lowest BCUT2D eigenvalue weighted by Gasteiger charge is -2.17. The maximum atomic E-state index is 5.30. The van der Waals surface area contributed by atoms with Crippen LogP contribution in [0.15, 0.2) is 59.6 Å². The molecular formula is C17H19N5O. The lowest BCUT2D eigenvalue weighted by atomic mass is 10.2. The zero-order chi connectivity index (χ0) is 15.9. The molecule has 0 aliphatic rings. The monoisotopic (exact) mass is 309 g/mol. The van der Waals surface area contributed by atoms with Gasteiger partial charge in [-0.15, -0.1) is 0 Å². The van der Waals surface area contributed by atoms with Gasteiger partial charge in [-0.3, -0.25) is 4.98 Å². The summed E-state index contributed by atoms with van der Waals surface area (Å²) in [4.78, 5) is 14.9. The van der Waals surface area contributed by atoms with Crippen molar-refractivity contribution >= 4 is 11.8 Å². The number of rotatable bonds is 7. The topological polar surface area (TPSA) is 67.1 Å². The summed E-state index contributed by atoms with van der Waals surface area (Å²) in [6.07, 6.45) is 7.97. The van der Waals surface area contributed by atoms with Crippen LogP contribution in [0.2, 0.25) is 0 Å². The number of furan rings is 1. The van der Waals surface area contributed by atoms with Gasteiger partial charge in [-0.2, -0.15) is 4.98 Å². The van der Waals surface area contributed by atoms with E-state index in [0.29, 0.717) is 12.5 Å². The van der Waals surface area contributed by atoms with Gasteiger partial charge < -0.3 is 14.6 Å². The maximum absolute atomic E-state index is 5.30. The third kappa shape index (κ3) is 4.29. The van der Waals surface area contributed by atoms with Gasteiger partial charge in [0.15, 0.2) is 0 Å². The summed E-state index contributed by atoms with van der Waals surface area (Å²) in [6.45, 7) is 1.44. The molecule has 3 aromatic heterocycles. The Bertz CT molecular complexity index is 715. The van der Waals surface area contributed by atoms with Gasteiger partial charge in [0.25, 0.3) is 0 Å². The number of anilines is 2. The molecule has 0 saturated carbocycles. The van der Waals surface area contributed by atoms with E-state index in [-0.39, 0.29) is 0 Å². The molecule has 0 radical (unpaired) electrons. The summed E-state index contributed by atoms with van der Waals surface area (Å²) in [7, 11) is 1.99. The summed E-state index contributed by atoms with van der Waals surface area (Å²) in [5.41, 5.74) is 1.25. The average molecular weight is 309 g/mol. The smallest absolute Gasteiger partial charge is 0.226 e. The van der Waals surface area contributed by atoms with Gasteiger partial charge in [0.2, 0.25) is 5.95 Å². The third-order valence-corrected chi connectivity index (χ3v) is 3.49. The van der Waals surface area contributed by atoms with Crippen molar-refractivity contribution < 1.29 is 4.42 Å². The molecule has 0 spiro atoms. The minimum absolute atomic E-state index is 0.601. The summed E-state index contributed by atoms with van der Waals surface area (Å²) in [5, 5.41) is 3.24. The van der Waals surface area contributed by atoms with Crippen LogP contribution in [0.4, 0.5) is 11.8 Å². The normalized spacial score (nSPS) is 10.5. The Morgan fingerprint density at radius 2 is 2.00 bits per heavy atom. The van der Waals surface area contributed by atoms with Crippen LogP contribution in [0.25, 0.3) is 0 Å². The van der Waals surface area contributed by atoms with Gasteiger partial charge in [0, 0.05) is 32.2 Å². The minimum atomic E-state index is 0.601. The average Bonchev–Trinajstić information content (AvgIpc) is 3.12. The second-order valence-electron chi connectivity index (χ2n) is 5.20. The molecule has 0 fully saturated rings. The van der Waals surface area contributed by atoms with E-state index < -0.39 is 0 Å². The second kappa shape index (κ2) is 7.40. The molecule has 118 valence electrons. The molecule has 0 atom stereocenters. The number of likely N-dealkylation sites (N-methyl/N-ethyl adjacent to an activating group) is 1. The Balaban J connectivity index is 1.57. The Morgan fingerprint density at radius 3 is 2.78 bits per heavy atom. The predicted molar refractivity (Wildman–Crippen MR) is 89.3 cm³/mol. The van der Waals surface area contributed by atoms with E-state index in [4.69, 9.17) is 4.42 Å². The van der Waals surface area contributed by atoms with Crippen LogP contribution in [-0.2, 0) is 13.0 Å². The molecule has 3 rings (SSSR count). The van der Waals surface area contributed by atoms with Crippen molar-refractivity contribution in [3.63, 3.8) is 0 Å². The highest BCUT2D eigenvalue weighted by Gasteiger charge is 2.06. The van der Waals surface area contributed by atoms with Crippen molar-refractivity contribution in [1.82, 2.24) is 15.0 Å². The van der Waals surface area contributed by atoms with Crippen LogP contribution < -0.4 is 10.2 Å². The molecule has 3 heterocycles. The molecule has 3 aromatic rings. The van der Waals surface area contributed by atoms with E-state index in [0.717, 1.165) is 24.5 Å². The Morgan fingerprint density at radius 1 is 1.13 bits per heavy atom. The van der Waals surface area contributed by atoms with E-state index in [2.05, 4.69) is 20.3 Å². The summed E-state index contributed by atoms with van der Waals surface area (Å²) in [5.74, 6) is 2.35. The Kier molecular flexibility index (Phi) is 4.83. The van der Waals surface area contributed by atoms with Crippen molar-refractivity contribution in [2.75, 3.05) is 23.8 Å². The highest BCUT2D eigenvalue weighted by atomic mass is 16.3. The van der Waals surface area contributed by atoms with Gasteiger partial charge in [-0.05, 0) is 42.3 Å². The highest BCUT2D eigenvalue weighted by molar-refractivity contribution is 5.41. The molecule has 0 aliphatic carbocycles. The third-order valence-electron chi connectivity index (χ3n) is 3.49. The summed E-state index contributed by atoms with van der Waals surface area (Å²) >= 11 is 0. The molecule has 0 bridgehead atoms. The van der Waals surface area contributed by atoms with Crippen LogP contribution in [-0.4, -0.2) is 28.5 Å². The zero-order valence-electron chi connectivity index (χ0n) is 13.0. The van der Waals surface area contributed by atoms with Crippen LogP contribution in [0, 0.1) is 0 Å². The van der Waals surface area contributed by atoms with E-state index in [1.54, 1.807) is 12.5 Å². The maximum Gasteiger partial charge on any atom is 0.226 e. The summed E-state index contributed by atoms with van der Waals surface area (Å²) < 4.78 is 5.30. The number of hydrogen-bond acceptors (Lipinski definition) is 6. The first kappa shape index (κ1) is 15.0. The molecular weight excluding hydrogens is 290 g/mol. The molecule has 6 nitrogen and oxygen atoms in total. The molecule has 0 unspecified atom stereocenters. The minimum Gasteiger partial charge on any atom is -0.467 e. The van der Waals surface area contributed by atoms with Gasteiger partial charge in [0.05, 0.1) is 12.8 Å². The standard InChI is InChI=1S/C17H19N5O/c1-22(11-7-14-4-8-18-9-5-14)17-19-10-6-16(21-17)20-13-15-3-2-12-23-15/h2-6,8-10,12H,7,11,13H2,1H3,(H,19,20,21). The first-order chi connectivity index (χ1) is 11.3. The van der Waals surface area contributed by atoms with E-state index in [1.165, 1.54) is 5.56 Å². The van der Waals surface area contributed by atoms with Gasteiger partial charge in [-0.1, -0.05) is 0 Å². The Hall–Kier alpha value is -2.89. The van der Waals surface area contributed by atoms with Crippen molar-refractivity contribution in [3.05, 3.63) is 66.5 Å². The highest BCUT2D eigenvalue weighted by Crippen LogP contribution is 2.12. The van der Waals surface area contributed by atoms with Crippen molar-refractivity contribution in [2.45, 2.75) is 13.0 Å². The molecule has 6 heteroatoms. The van der Waals surface area contributed by atoms with Crippen molar-refractivity contribution in [1.29, 1.82) is 0 Å². The SMILES string of the molecule is CN(CCc1ccncc1)c1nccc(NCc2ccco2)n1. The fourth-order valence-electron chi connectivity index (χ4n) is 2.17. The second-order valence-corrected chi connectivity index (χ2v) is 5.20. The predicted octanol–water partition coefficient (Wildman–Crippen LogP) is 2.76. The Labute approximate surface area is 135 Å². The molecule has 23 heavy (non-hydrogen) atoms. The largest absolute Gasteiger partial charge is 0.467 e.